The van der Waals surface area contributed by atoms with Crippen molar-refractivity contribution in [2.45, 2.75) is 4.90 Å². The van der Waals surface area contributed by atoms with E-state index in [0.29, 0.717) is 39.6 Å². The lowest BCUT2D eigenvalue weighted by Crippen LogP contribution is -2.00. The fraction of sp³-hybridized carbons (Fsp3) is 0.176. The molecule has 0 radical (unpaired) electrons. The number of nitrogen functional groups attached to an aromatic ring is 1. The first kappa shape index (κ1) is 17.0. The first-order valence-electron chi connectivity index (χ1n) is 7.33. The summed E-state index contributed by atoms with van der Waals surface area (Å²) in [6, 6.07) is 9.78. The number of anilines is 1. The number of aromatic nitrogens is 2. The molecule has 0 atom stereocenters. The monoisotopic (exact) mass is 359 g/mol. The summed E-state index contributed by atoms with van der Waals surface area (Å²) in [6.07, 6.45) is 1.16. The smallest absolute Gasteiger partial charge is 0.175 e. The van der Waals surface area contributed by atoms with Gasteiger partial charge in [0.2, 0.25) is 0 Å². The summed E-state index contributed by atoms with van der Waals surface area (Å²) in [6.45, 7) is 0. The quantitative estimate of drug-likeness (QED) is 0.762. The van der Waals surface area contributed by atoms with Gasteiger partial charge in [-0.1, -0.05) is 0 Å². The number of nitrogens with zero attached hydrogens (tertiary/aromatic N) is 2. The van der Waals surface area contributed by atoms with Crippen LogP contribution >= 0.6 is 0 Å². The third kappa shape index (κ3) is 3.20. The second-order valence-corrected chi connectivity index (χ2v) is 7.47. The van der Waals surface area contributed by atoms with E-state index in [4.69, 9.17) is 15.2 Å². The third-order valence-electron chi connectivity index (χ3n) is 3.77. The van der Waals surface area contributed by atoms with Gasteiger partial charge in [0.15, 0.2) is 27.2 Å². The highest BCUT2D eigenvalue weighted by atomic mass is 32.2. The Kier molecular flexibility index (Phi) is 4.22. The van der Waals surface area contributed by atoms with Crippen molar-refractivity contribution >= 4 is 26.6 Å². The Bertz CT molecular complexity index is 1050. The van der Waals surface area contributed by atoms with Crippen LogP contribution in [0.4, 0.5) is 5.82 Å². The van der Waals surface area contributed by atoms with Crippen molar-refractivity contribution in [1.29, 1.82) is 0 Å². The molecule has 3 aromatic rings. The largest absolute Gasteiger partial charge is 0.493 e. The molecule has 1 heterocycles. The van der Waals surface area contributed by atoms with E-state index in [-0.39, 0.29) is 4.90 Å². The molecule has 0 aliphatic heterocycles. The Labute approximate surface area is 145 Å². The molecule has 130 valence electrons. The predicted molar refractivity (Wildman–Crippen MR) is 95.6 cm³/mol. The molecule has 2 aromatic carbocycles. The van der Waals surface area contributed by atoms with Gasteiger partial charge in [0.05, 0.1) is 24.6 Å². The normalized spacial score (nSPS) is 11.5. The van der Waals surface area contributed by atoms with Crippen LogP contribution in [0.25, 0.3) is 22.3 Å². The van der Waals surface area contributed by atoms with Crippen LogP contribution in [-0.4, -0.2) is 38.9 Å². The van der Waals surface area contributed by atoms with Gasteiger partial charge in [-0.05, 0) is 30.3 Å². The number of sulfone groups is 1. The lowest BCUT2D eigenvalue weighted by molar-refractivity contribution is 0.356. The summed E-state index contributed by atoms with van der Waals surface area (Å²) < 4.78 is 33.7. The Morgan fingerprint density at radius 3 is 2.12 bits per heavy atom. The van der Waals surface area contributed by atoms with Crippen molar-refractivity contribution in [3.63, 3.8) is 0 Å². The van der Waals surface area contributed by atoms with Crippen molar-refractivity contribution in [1.82, 2.24) is 9.97 Å². The molecule has 0 amide bonds. The fourth-order valence-electron chi connectivity index (χ4n) is 2.46. The molecule has 25 heavy (non-hydrogen) atoms. The van der Waals surface area contributed by atoms with Crippen LogP contribution in [0.3, 0.4) is 0 Å². The van der Waals surface area contributed by atoms with Crippen molar-refractivity contribution < 1.29 is 17.9 Å². The van der Waals surface area contributed by atoms with Gasteiger partial charge in [-0.3, -0.25) is 0 Å². The van der Waals surface area contributed by atoms with Crippen LogP contribution in [0.1, 0.15) is 0 Å². The van der Waals surface area contributed by atoms with E-state index in [1.807, 2.05) is 0 Å². The molecule has 0 bridgehead atoms. The molecule has 0 saturated heterocycles. The first-order chi connectivity index (χ1) is 11.8. The summed E-state index contributed by atoms with van der Waals surface area (Å²) in [5.74, 6) is 1.77. The van der Waals surface area contributed by atoms with Crippen LogP contribution in [0.15, 0.2) is 41.3 Å². The highest BCUT2D eigenvalue weighted by Crippen LogP contribution is 2.34. The number of hydrogen-bond donors (Lipinski definition) is 1. The van der Waals surface area contributed by atoms with E-state index in [0.717, 1.165) is 6.26 Å². The molecule has 0 unspecified atom stereocenters. The minimum Gasteiger partial charge on any atom is -0.493 e. The Balaban J connectivity index is 2.14. The second-order valence-electron chi connectivity index (χ2n) is 5.45. The SMILES string of the molecule is COc1cc2nc(-c3ccc(S(C)(=O)=O)cc3)nc(N)c2cc1OC. The zero-order valence-corrected chi connectivity index (χ0v) is 14.8. The summed E-state index contributed by atoms with van der Waals surface area (Å²) >= 11 is 0. The second kappa shape index (κ2) is 6.21. The molecule has 3 rings (SSSR count). The van der Waals surface area contributed by atoms with Crippen LogP contribution in [0, 0.1) is 0 Å². The van der Waals surface area contributed by atoms with E-state index < -0.39 is 9.84 Å². The van der Waals surface area contributed by atoms with E-state index in [1.54, 1.807) is 38.5 Å². The molecule has 0 fully saturated rings. The van der Waals surface area contributed by atoms with Gasteiger partial charge in [0.1, 0.15) is 5.82 Å². The number of fused-ring (bicyclic) bond motifs is 1. The summed E-state index contributed by atoms with van der Waals surface area (Å²) in [5.41, 5.74) is 7.33. The van der Waals surface area contributed by atoms with Crippen LogP contribution in [0.5, 0.6) is 11.5 Å². The molecule has 0 spiro atoms. The maximum absolute atomic E-state index is 11.6. The Hall–Kier alpha value is -2.87. The lowest BCUT2D eigenvalue weighted by atomic mass is 10.1. The van der Waals surface area contributed by atoms with Crippen LogP contribution in [-0.2, 0) is 9.84 Å². The van der Waals surface area contributed by atoms with E-state index in [1.165, 1.54) is 12.1 Å². The molecule has 7 nitrogen and oxygen atoms in total. The number of rotatable bonds is 4. The number of nitrogens with two attached hydrogens (primary N) is 1. The van der Waals surface area contributed by atoms with E-state index in [9.17, 15) is 8.42 Å². The molecule has 0 saturated carbocycles. The maximum Gasteiger partial charge on any atom is 0.175 e. The van der Waals surface area contributed by atoms with E-state index >= 15 is 0 Å². The zero-order valence-electron chi connectivity index (χ0n) is 14.0. The Morgan fingerprint density at radius 2 is 1.56 bits per heavy atom. The van der Waals surface area contributed by atoms with Gasteiger partial charge in [-0.2, -0.15) is 0 Å². The van der Waals surface area contributed by atoms with Crippen molar-refractivity contribution in [2.75, 3.05) is 26.2 Å². The van der Waals surface area contributed by atoms with Gasteiger partial charge >= 0.3 is 0 Å². The van der Waals surface area contributed by atoms with Crippen molar-refractivity contribution in [3.8, 4) is 22.9 Å². The molecule has 1 aromatic heterocycles. The third-order valence-corrected chi connectivity index (χ3v) is 4.90. The average molecular weight is 359 g/mol. The number of ether oxygens (including phenoxy) is 2. The molecule has 8 heteroatoms. The van der Waals surface area contributed by atoms with Gasteiger partial charge in [-0.15, -0.1) is 0 Å². The zero-order chi connectivity index (χ0) is 18.2. The summed E-state index contributed by atoms with van der Waals surface area (Å²) in [7, 11) is -0.176. The molecular formula is C17H17N3O4S. The van der Waals surface area contributed by atoms with Crippen molar-refractivity contribution in [3.05, 3.63) is 36.4 Å². The first-order valence-corrected chi connectivity index (χ1v) is 9.22. The lowest BCUT2D eigenvalue weighted by Gasteiger charge is -2.11. The molecule has 0 aliphatic rings. The van der Waals surface area contributed by atoms with Gasteiger partial charge < -0.3 is 15.2 Å². The highest BCUT2D eigenvalue weighted by Gasteiger charge is 2.13. The topological polar surface area (TPSA) is 104 Å². The molecule has 0 aliphatic carbocycles. The standard InChI is InChI=1S/C17H17N3O4S/c1-23-14-8-12-13(9-15(14)24-2)19-17(20-16(12)18)10-4-6-11(7-5-10)25(3,21)22/h4-9H,1-3H3,(H2,18,19,20). The van der Waals surface area contributed by atoms with Gasteiger partial charge in [-0.25, -0.2) is 18.4 Å². The summed E-state index contributed by atoms with van der Waals surface area (Å²) in [4.78, 5) is 9.05. The highest BCUT2D eigenvalue weighted by molar-refractivity contribution is 7.90. The number of methoxy groups -OCH3 is 2. The molecular weight excluding hydrogens is 342 g/mol. The minimum absolute atomic E-state index is 0.233. The van der Waals surface area contributed by atoms with Gasteiger partial charge in [0, 0.05) is 23.3 Å². The fourth-order valence-corrected chi connectivity index (χ4v) is 3.09. The van der Waals surface area contributed by atoms with E-state index in [2.05, 4.69) is 9.97 Å². The Morgan fingerprint density at radius 1 is 0.960 bits per heavy atom. The number of hydrogen-bond acceptors (Lipinski definition) is 7. The number of benzene rings is 2. The minimum atomic E-state index is -3.26. The van der Waals surface area contributed by atoms with Gasteiger partial charge in [0.25, 0.3) is 0 Å². The van der Waals surface area contributed by atoms with Crippen LogP contribution < -0.4 is 15.2 Å². The molecule has 2 N–H and O–H groups in total. The van der Waals surface area contributed by atoms with Crippen LogP contribution in [0.2, 0.25) is 0 Å². The average Bonchev–Trinajstić information content (AvgIpc) is 2.60. The van der Waals surface area contributed by atoms with Crippen molar-refractivity contribution in [2.24, 2.45) is 0 Å². The maximum atomic E-state index is 11.6. The summed E-state index contributed by atoms with van der Waals surface area (Å²) in [5, 5.41) is 0.647. The predicted octanol–water partition coefficient (Wildman–Crippen LogP) is 2.30.